The topological polar surface area (TPSA) is 88.9 Å². The zero-order valence-corrected chi connectivity index (χ0v) is 14.6. The molecule has 0 aliphatic heterocycles. The van der Waals surface area contributed by atoms with E-state index in [0.717, 1.165) is 10.2 Å². The number of carbonyl (C=O) groups is 1. The lowest BCUT2D eigenvalue weighted by Crippen LogP contribution is -2.36. The van der Waals surface area contributed by atoms with E-state index in [0.29, 0.717) is 22.3 Å². The molecule has 3 aromatic rings. The summed E-state index contributed by atoms with van der Waals surface area (Å²) in [6.45, 7) is 7.04. The number of carbonyl (C=O) groups excluding carboxylic acids is 1. The van der Waals surface area contributed by atoms with Gasteiger partial charge in [-0.3, -0.25) is 24.9 Å². The maximum absolute atomic E-state index is 12.8. The molecule has 1 amide bonds. The Morgan fingerprint density at radius 1 is 1.16 bits per heavy atom. The quantitative estimate of drug-likeness (QED) is 0.762. The number of benzene rings is 1. The van der Waals surface area contributed by atoms with Crippen LogP contribution in [0.5, 0.6) is 0 Å². The lowest BCUT2D eigenvalue weighted by molar-refractivity contribution is -0.119. The molecule has 7 heteroatoms. The van der Waals surface area contributed by atoms with Gasteiger partial charge in [-0.2, -0.15) is 0 Å². The molecule has 2 aromatic heterocycles. The van der Waals surface area contributed by atoms with Gasteiger partial charge in [0.05, 0.1) is 22.3 Å². The van der Waals surface area contributed by atoms with Crippen molar-refractivity contribution in [3.63, 3.8) is 0 Å². The molecule has 0 unspecified atom stereocenters. The van der Waals surface area contributed by atoms with Crippen LogP contribution in [0.2, 0.25) is 0 Å². The van der Waals surface area contributed by atoms with Gasteiger partial charge in [-0.1, -0.05) is 26.0 Å². The molecule has 0 fully saturated rings. The number of rotatable bonds is 3. The first-order valence-electron chi connectivity index (χ1n) is 8.05. The van der Waals surface area contributed by atoms with Gasteiger partial charge in [0.2, 0.25) is 5.91 Å². The largest absolute Gasteiger partial charge is 0.290 e. The first kappa shape index (κ1) is 16.8. The van der Waals surface area contributed by atoms with E-state index in [1.165, 1.54) is 10.7 Å². The molecule has 2 heterocycles. The SMILES string of the molecule is Cc1cccc(-n2[nH]c3cc(=O)n(NC(=O)C(C)C)c(C)c3c2=O)c1. The van der Waals surface area contributed by atoms with E-state index in [1.54, 1.807) is 20.8 Å². The number of aryl methyl sites for hydroxylation is 2. The molecule has 0 aliphatic rings. The van der Waals surface area contributed by atoms with Crippen LogP contribution in [0, 0.1) is 19.8 Å². The van der Waals surface area contributed by atoms with Crippen molar-refractivity contribution in [3.05, 3.63) is 62.3 Å². The third-order valence-electron chi connectivity index (χ3n) is 4.11. The maximum atomic E-state index is 12.8. The van der Waals surface area contributed by atoms with Gasteiger partial charge in [0.15, 0.2) is 0 Å². The number of pyridine rings is 1. The summed E-state index contributed by atoms with van der Waals surface area (Å²) in [4.78, 5) is 37.1. The fourth-order valence-corrected chi connectivity index (χ4v) is 2.70. The number of hydrogen-bond donors (Lipinski definition) is 2. The number of fused-ring (bicyclic) bond motifs is 1. The third-order valence-corrected chi connectivity index (χ3v) is 4.11. The van der Waals surface area contributed by atoms with Gasteiger partial charge in [-0.05, 0) is 31.5 Å². The predicted molar refractivity (Wildman–Crippen MR) is 96.8 cm³/mol. The molecule has 0 saturated carbocycles. The Hall–Kier alpha value is -3.09. The highest BCUT2D eigenvalue weighted by molar-refractivity contribution is 5.87. The van der Waals surface area contributed by atoms with Gasteiger partial charge in [0.25, 0.3) is 11.1 Å². The highest BCUT2D eigenvalue weighted by Crippen LogP contribution is 2.14. The fraction of sp³-hybridized carbons (Fsp3) is 0.278. The summed E-state index contributed by atoms with van der Waals surface area (Å²) in [6.07, 6.45) is 0. The van der Waals surface area contributed by atoms with Crippen LogP contribution in [0.3, 0.4) is 0 Å². The maximum Gasteiger partial charge on any atom is 0.280 e. The summed E-state index contributed by atoms with van der Waals surface area (Å²) in [6, 6.07) is 8.80. The van der Waals surface area contributed by atoms with Gasteiger partial charge in [0, 0.05) is 12.0 Å². The lowest BCUT2D eigenvalue weighted by Gasteiger charge is -2.13. The Morgan fingerprint density at radius 3 is 2.52 bits per heavy atom. The van der Waals surface area contributed by atoms with E-state index < -0.39 is 5.56 Å². The van der Waals surface area contributed by atoms with Gasteiger partial charge >= 0.3 is 0 Å². The summed E-state index contributed by atoms with van der Waals surface area (Å²) in [5.74, 6) is -0.573. The zero-order chi connectivity index (χ0) is 18.3. The molecule has 0 radical (unpaired) electrons. The summed E-state index contributed by atoms with van der Waals surface area (Å²) < 4.78 is 2.53. The van der Waals surface area contributed by atoms with E-state index >= 15 is 0 Å². The number of nitrogens with zero attached hydrogens (tertiary/aromatic N) is 2. The standard InChI is InChI=1S/C18H20N4O3/c1-10(2)17(24)20-21-12(4)16-14(9-15(21)23)19-22(18(16)25)13-7-5-6-11(3)8-13/h5-10,19H,1-4H3,(H,20,24). The van der Waals surface area contributed by atoms with E-state index in [4.69, 9.17) is 0 Å². The van der Waals surface area contributed by atoms with Crippen molar-refractivity contribution in [2.24, 2.45) is 5.92 Å². The van der Waals surface area contributed by atoms with Crippen LogP contribution in [0.4, 0.5) is 0 Å². The number of aromatic nitrogens is 3. The molecule has 0 spiro atoms. The Morgan fingerprint density at radius 2 is 1.88 bits per heavy atom. The number of hydrogen-bond acceptors (Lipinski definition) is 3. The Kier molecular flexibility index (Phi) is 4.08. The van der Waals surface area contributed by atoms with Crippen LogP contribution >= 0.6 is 0 Å². The van der Waals surface area contributed by atoms with Crippen molar-refractivity contribution < 1.29 is 4.79 Å². The normalized spacial score (nSPS) is 11.2. The summed E-state index contributed by atoms with van der Waals surface area (Å²) >= 11 is 0. The smallest absolute Gasteiger partial charge is 0.280 e. The third kappa shape index (κ3) is 2.88. The minimum absolute atomic E-state index is 0.273. The summed E-state index contributed by atoms with van der Waals surface area (Å²) in [5.41, 5.74) is 4.41. The number of amides is 1. The van der Waals surface area contributed by atoms with Crippen LogP contribution < -0.4 is 16.5 Å². The number of H-pyrrole nitrogens is 1. The van der Waals surface area contributed by atoms with E-state index in [9.17, 15) is 14.4 Å². The van der Waals surface area contributed by atoms with Crippen LogP contribution in [0.1, 0.15) is 25.1 Å². The van der Waals surface area contributed by atoms with Crippen LogP contribution in [0.15, 0.2) is 39.9 Å². The zero-order valence-electron chi connectivity index (χ0n) is 14.6. The lowest BCUT2D eigenvalue weighted by atomic mass is 10.2. The molecule has 25 heavy (non-hydrogen) atoms. The van der Waals surface area contributed by atoms with Crippen molar-refractivity contribution in [2.75, 3.05) is 5.43 Å². The van der Waals surface area contributed by atoms with Gasteiger partial charge in [0.1, 0.15) is 0 Å². The molecule has 2 N–H and O–H groups in total. The first-order valence-corrected chi connectivity index (χ1v) is 8.05. The minimum Gasteiger partial charge on any atom is -0.290 e. The van der Waals surface area contributed by atoms with Gasteiger partial charge in [-0.15, -0.1) is 0 Å². The number of nitrogens with one attached hydrogen (secondary N) is 2. The molecular formula is C18H20N4O3. The van der Waals surface area contributed by atoms with Crippen molar-refractivity contribution >= 4 is 16.8 Å². The van der Waals surface area contributed by atoms with Crippen LogP contribution in [-0.2, 0) is 4.79 Å². The second kappa shape index (κ2) is 6.08. The molecular weight excluding hydrogens is 320 g/mol. The molecule has 7 nitrogen and oxygen atoms in total. The van der Waals surface area contributed by atoms with E-state index in [1.807, 2.05) is 31.2 Å². The molecule has 0 bridgehead atoms. The minimum atomic E-state index is -0.406. The highest BCUT2D eigenvalue weighted by Gasteiger charge is 2.17. The van der Waals surface area contributed by atoms with E-state index in [2.05, 4.69) is 10.5 Å². The number of aromatic amines is 1. The van der Waals surface area contributed by atoms with E-state index in [-0.39, 0.29) is 17.4 Å². The van der Waals surface area contributed by atoms with Crippen LogP contribution in [0.25, 0.3) is 16.6 Å². The second-order valence-electron chi connectivity index (χ2n) is 6.41. The molecule has 3 rings (SSSR count). The van der Waals surface area contributed by atoms with Crippen molar-refractivity contribution in [3.8, 4) is 5.69 Å². The molecule has 130 valence electrons. The molecule has 0 atom stereocenters. The monoisotopic (exact) mass is 340 g/mol. The first-order chi connectivity index (χ1) is 11.8. The predicted octanol–water partition coefficient (Wildman–Crippen LogP) is 1.82. The van der Waals surface area contributed by atoms with Gasteiger partial charge in [-0.25, -0.2) is 9.36 Å². The van der Waals surface area contributed by atoms with Gasteiger partial charge < -0.3 is 0 Å². The van der Waals surface area contributed by atoms with Crippen LogP contribution in [-0.4, -0.2) is 20.4 Å². The summed E-state index contributed by atoms with van der Waals surface area (Å²) in [7, 11) is 0. The molecule has 0 aliphatic carbocycles. The van der Waals surface area contributed by atoms with Crippen molar-refractivity contribution in [1.82, 2.24) is 14.5 Å². The Labute approximate surface area is 143 Å². The second-order valence-corrected chi connectivity index (χ2v) is 6.41. The average Bonchev–Trinajstić information content (AvgIpc) is 2.87. The average molecular weight is 340 g/mol. The summed E-state index contributed by atoms with van der Waals surface area (Å²) in [5, 5.41) is 3.34. The highest BCUT2D eigenvalue weighted by atomic mass is 16.2. The van der Waals surface area contributed by atoms with Crippen molar-refractivity contribution in [2.45, 2.75) is 27.7 Å². The Balaban J connectivity index is 2.23. The van der Waals surface area contributed by atoms with Crippen molar-refractivity contribution in [1.29, 1.82) is 0 Å². The molecule has 1 aromatic carbocycles. The fourth-order valence-electron chi connectivity index (χ4n) is 2.70. The Bertz CT molecular complexity index is 1090. The molecule has 0 saturated heterocycles.